The number of rotatable bonds is 4. The molecule has 0 amide bonds. The van der Waals surface area contributed by atoms with Crippen molar-refractivity contribution in [3.05, 3.63) is 17.7 Å². The number of imidazole rings is 1. The Balaban J connectivity index is 1.72. The molecule has 1 aromatic rings. The van der Waals surface area contributed by atoms with Gasteiger partial charge >= 0.3 is 5.97 Å². The van der Waals surface area contributed by atoms with E-state index >= 15 is 0 Å². The number of carboxylic acid groups (broad SMARTS) is 1. The van der Waals surface area contributed by atoms with E-state index < -0.39 is 5.97 Å². The molecule has 2 aliphatic heterocycles. The molecule has 2 unspecified atom stereocenters. The molecule has 3 rings (SSSR count). The molecule has 1 fully saturated rings. The van der Waals surface area contributed by atoms with Gasteiger partial charge in [0.2, 0.25) is 0 Å². The molecule has 0 bridgehead atoms. The molecule has 1 aromatic heterocycles. The summed E-state index contributed by atoms with van der Waals surface area (Å²) >= 11 is 0. The van der Waals surface area contributed by atoms with Crippen molar-refractivity contribution < 1.29 is 9.90 Å². The van der Waals surface area contributed by atoms with Crippen LogP contribution in [0.1, 0.15) is 57.0 Å². The molecular formula is C17H27N3O2. The minimum atomic E-state index is -0.712. The van der Waals surface area contributed by atoms with Crippen molar-refractivity contribution >= 4 is 5.97 Å². The maximum Gasteiger partial charge on any atom is 0.312 e. The van der Waals surface area contributed by atoms with Crippen LogP contribution in [0.25, 0.3) is 0 Å². The first-order chi connectivity index (χ1) is 10.6. The smallest absolute Gasteiger partial charge is 0.312 e. The number of carbonyl (C=O) groups is 1. The molecule has 22 heavy (non-hydrogen) atoms. The van der Waals surface area contributed by atoms with Crippen LogP contribution in [0.5, 0.6) is 0 Å². The van der Waals surface area contributed by atoms with Gasteiger partial charge in [-0.05, 0) is 52.0 Å². The number of nitrogens with zero attached hydrogens (tertiary/aromatic N) is 3. The average molecular weight is 305 g/mol. The van der Waals surface area contributed by atoms with Crippen molar-refractivity contribution in [2.24, 2.45) is 5.92 Å². The van der Waals surface area contributed by atoms with Gasteiger partial charge in [0.15, 0.2) is 0 Å². The van der Waals surface area contributed by atoms with Gasteiger partial charge in [-0.3, -0.25) is 4.79 Å². The summed E-state index contributed by atoms with van der Waals surface area (Å²) in [5, 5.41) is 9.36. The summed E-state index contributed by atoms with van der Waals surface area (Å²) in [5.41, 5.74) is 0.908. The van der Waals surface area contributed by atoms with E-state index in [0.29, 0.717) is 12.0 Å². The minimum absolute atomic E-state index is 0.367. The van der Waals surface area contributed by atoms with Crippen molar-refractivity contribution in [1.29, 1.82) is 0 Å². The molecule has 0 spiro atoms. The summed E-state index contributed by atoms with van der Waals surface area (Å²) in [6.07, 6.45) is 6.98. The molecule has 0 radical (unpaired) electrons. The topological polar surface area (TPSA) is 58.4 Å². The highest BCUT2D eigenvalue weighted by Gasteiger charge is 2.30. The summed E-state index contributed by atoms with van der Waals surface area (Å²) in [6.45, 7) is 7.79. The van der Waals surface area contributed by atoms with Crippen molar-refractivity contribution in [3.63, 3.8) is 0 Å². The molecule has 1 N–H and O–H groups in total. The second-order valence-corrected chi connectivity index (χ2v) is 7.09. The lowest BCUT2D eigenvalue weighted by Gasteiger charge is -2.35. The summed E-state index contributed by atoms with van der Waals surface area (Å²) in [6, 6.07) is 0.605. The van der Waals surface area contributed by atoms with Crippen LogP contribution in [0, 0.1) is 5.92 Å². The number of likely N-dealkylation sites (tertiary alicyclic amines) is 1. The van der Waals surface area contributed by atoms with Gasteiger partial charge < -0.3 is 14.6 Å². The Morgan fingerprint density at radius 2 is 2.14 bits per heavy atom. The molecule has 5 heteroatoms. The lowest BCUT2D eigenvalue weighted by Crippen LogP contribution is -2.40. The highest BCUT2D eigenvalue weighted by molar-refractivity contribution is 5.75. The zero-order chi connectivity index (χ0) is 15.7. The quantitative estimate of drug-likeness (QED) is 0.928. The predicted molar refractivity (Wildman–Crippen MR) is 85.0 cm³/mol. The van der Waals surface area contributed by atoms with Crippen molar-refractivity contribution in [1.82, 2.24) is 14.5 Å². The normalized spacial score (nSPS) is 26.1. The Labute approximate surface area is 132 Å². The summed E-state index contributed by atoms with van der Waals surface area (Å²) < 4.78 is 2.18. The van der Waals surface area contributed by atoms with Gasteiger partial charge in [0.25, 0.3) is 0 Å². The van der Waals surface area contributed by atoms with Crippen molar-refractivity contribution in [2.75, 3.05) is 13.1 Å². The van der Waals surface area contributed by atoms with Crippen LogP contribution in [0.15, 0.2) is 6.20 Å². The van der Waals surface area contributed by atoms with E-state index in [-0.39, 0.29) is 5.92 Å². The molecule has 2 atom stereocenters. The molecular weight excluding hydrogens is 278 g/mol. The van der Waals surface area contributed by atoms with Crippen molar-refractivity contribution in [2.45, 2.75) is 64.5 Å². The number of aliphatic carboxylic acids is 1. The fourth-order valence-corrected chi connectivity index (χ4v) is 3.97. The molecule has 2 aliphatic rings. The maximum atomic E-state index is 11.4. The Hall–Kier alpha value is -1.36. The largest absolute Gasteiger partial charge is 0.481 e. The molecule has 0 saturated carbocycles. The number of piperidine rings is 1. The molecule has 122 valence electrons. The van der Waals surface area contributed by atoms with Crippen LogP contribution in [0.2, 0.25) is 0 Å². The summed E-state index contributed by atoms with van der Waals surface area (Å²) in [4.78, 5) is 18.5. The van der Waals surface area contributed by atoms with Gasteiger partial charge in [0.1, 0.15) is 5.82 Å². The van der Waals surface area contributed by atoms with Gasteiger partial charge in [-0.2, -0.15) is 0 Å². The standard InChI is InChI=1S/C17H27N3O2/c1-12(2)19-7-3-5-13(11-19)9-16-18-10-15-14(17(21)22)6-4-8-20(15)16/h10,12-14H,3-9,11H2,1-2H3,(H,21,22). The zero-order valence-electron chi connectivity index (χ0n) is 13.7. The molecule has 3 heterocycles. The second kappa shape index (κ2) is 6.41. The minimum Gasteiger partial charge on any atom is -0.481 e. The van der Waals surface area contributed by atoms with Crippen LogP contribution in [-0.4, -0.2) is 44.7 Å². The Morgan fingerprint density at radius 3 is 2.86 bits per heavy atom. The number of aromatic nitrogens is 2. The highest BCUT2D eigenvalue weighted by atomic mass is 16.4. The van der Waals surface area contributed by atoms with E-state index in [9.17, 15) is 9.90 Å². The number of hydrogen-bond donors (Lipinski definition) is 1. The first kappa shape index (κ1) is 15.5. The van der Waals surface area contributed by atoms with Gasteiger partial charge in [0.05, 0.1) is 11.6 Å². The third kappa shape index (κ3) is 3.05. The van der Waals surface area contributed by atoms with E-state index in [1.54, 1.807) is 6.20 Å². The third-order valence-corrected chi connectivity index (χ3v) is 5.25. The lowest BCUT2D eigenvalue weighted by molar-refractivity contribution is -0.139. The zero-order valence-corrected chi connectivity index (χ0v) is 13.7. The Bertz CT molecular complexity index is 538. The van der Waals surface area contributed by atoms with Gasteiger partial charge in [0, 0.05) is 31.7 Å². The van der Waals surface area contributed by atoms with Gasteiger partial charge in [-0.1, -0.05) is 0 Å². The van der Waals surface area contributed by atoms with Crippen LogP contribution in [0.3, 0.4) is 0 Å². The van der Waals surface area contributed by atoms with Crippen LogP contribution < -0.4 is 0 Å². The maximum absolute atomic E-state index is 11.4. The first-order valence-corrected chi connectivity index (χ1v) is 8.57. The fraction of sp³-hybridized carbons (Fsp3) is 0.765. The van der Waals surface area contributed by atoms with E-state index in [2.05, 4.69) is 28.3 Å². The van der Waals surface area contributed by atoms with E-state index in [1.807, 2.05) is 0 Å². The molecule has 0 aliphatic carbocycles. The molecule has 5 nitrogen and oxygen atoms in total. The first-order valence-electron chi connectivity index (χ1n) is 8.57. The van der Waals surface area contributed by atoms with E-state index in [1.165, 1.54) is 19.4 Å². The fourth-order valence-electron chi connectivity index (χ4n) is 3.97. The van der Waals surface area contributed by atoms with Crippen LogP contribution >= 0.6 is 0 Å². The van der Waals surface area contributed by atoms with Gasteiger partial charge in [-0.15, -0.1) is 0 Å². The lowest BCUT2D eigenvalue weighted by atomic mass is 9.93. The predicted octanol–water partition coefficient (Wildman–Crippen LogP) is 2.51. The molecule has 1 saturated heterocycles. The van der Waals surface area contributed by atoms with Gasteiger partial charge in [-0.25, -0.2) is 4.98 Å². The molecule has 0 aromatic carbocycles. The Morgan fingerprint density at radius 1 is 1.36 bits per heavy atom. The summed E-state index contributed by atoms with van der Waals surface area (Å²) in [5.74, 6) is 0.661. The number of fused-ring (bicyclic) bond motifs is 1. The number of hydrogen-bond acceptors (Lipinski definition) is 3. The number of carboxylic acids is 1. The third-order valence-electron chi connectivity index (χ3n) is 5.25. The highest BCUT2D eigenvalue weighted by Crippen LogP contribution is 2.30. The van der Waals surface area contributed by atoms with Crippen molar-refractivity contribution in [3.8, 4) is 0 Å². The SMILES string of the molecule is CC(C)N1CCCC(Cc2ncc3n2CCCC3C(=O)O)C1. The van der Waals surface area contributed by atoms with E-state index in [0.717, 1.165) is 43.9 Å². The van der Waals surface area contributed by atoms with E-state index in [4.69, 9.17) is 0 Å². The average Bonchev–Trinajstić information content (AvgIpc) is 2.90. The summed E-state index contributed by atoms with van der Waals surface area (Å²) in [7, 11) is 0. The van der Waals surface area contributed by atoms with Crippen LogP contribution in [0.4, 0.5) is 0 Å². The Kier molecular flexibility index (Phi) is 4.52. The van der Waals surface area contributed by atoms with Crippen LogP contribution in [-0.2, 0) is 17.8 Å². The second-order valence-electron chi connectivity index (χ2n) is 7.09. The monoisotopic (exact) mass is 305 g/mol.